The van der Waals surface area contributed by atoms with Crippen molar-refractivity contribution in [3.05, 3.63) is 24.5 Å². The Hall–Kier alpha value is -1.09. The largest absolute Gasteiger partial charge is 0.313 e. The third kappa shape index (κ3) is 4.00. The van der Waals surface area contributed by atoms with Crippen LogP contribution >= 0.6 is 0 Å². The number of hydrogen-bond donors (Lipinski definition) is 1. The second-order valence-electron chi connectivity index (χ2n) is 4.98. The van der Waals surface area contributed by atoms with Crippen LogP contribution in [-0.2, 0) is 6.54 Å². The fourth-order valence-electron chi connectivity index (χ4n) is 2.62. The van der Waals surface area contributed by atoms with Gasteiger partial charge in [-0.3, -0.25) is 0 Å². The molecule has 0 radical (unpaired) electrons. The number of nitrogens with one attached hydrogen (secondary N) is 1. The van der Waals surface area contributed by atoms with E-state index in [0.29, 0.717) is 0 Å². The predicted octanol–water partition coefficient (Wildman–Crippen LogP) is 3.04. The monoisotopic (exact) mass is 233 g/mol. The summed E-state index contributed by atoms with van der Waals surface area (Å²) in [4.78, 5) is 0. The standard InChI is InChI=1S/C14H23N3/c1-2-17-12-14(11-16-17)10-15-9-5-8-13-6-3-4-7-13/h2,11-13,15H,1,3-10H2. The second-order valence-corrected chi connectivity index (χ2v) is 4.98. The van der Waals surface area contributed by atoms with Gasteiger partial charge in [0.2, 0.25) is 0 Å². The van der Waals surface area contributed by atoms with Crippen molar-refractivity contribution in [2.75, 3.05) is 6.54 Å². The minimum atomic E-state index is 0.915. The van der Waals surface area contributed by atoms with E-state index < -0.39 is 0 Å². The van der Waals surface area contributed by atoms with Gasteiger partial charge < -0.3 is 5.32 Å². The zero-order chi connectivity index (χ0) is 11.9. The summed E-state index contributed by atoms with van der Waals surface area (Å²) in [5.41, 5.74) is 1.23. The lowest BCUT2D eigenvalue weighted by molar-refractivity contribution is 0.470. The van der Waals surface area contributed by atoms with Crippen molar-refractivity contribution in [3.8, 4) is 0 Å². The number of hydrogen-bond acceptors (Lipinski definition) is 2. The van der Waals surface area contributed by atoms with E-state index in [9.17, 15) is 0 Å². The van der Waals surface area contributed by atoms with Crippen molar-refractivity contribution in [1.29, 1.82) is 0 Å². The lowest BCUT2D eigenvalue weighted by Crippen LogP contribution is -2.15. The van der Waals surface area contributed by atoms with Gasteiger partial charge in [0.15, 0.2) is 0 Å². The highest BCUT2D eigenvalue weighted by molar-refractivity contribution is 5.17. The molecular weight excluding hydrogens is 210 g/mol. The van der Waals surface area contributed by atoms with Crippen LogP contribution in [0.25, 0.3) is 6.20 Å². The van der Waals surface area contributed by atoms with Crippen LogP contribution in [-0.4, -0.2) is 16.3 Å². The molecule has 0 atom stereocenters. The van der Waals surface area contributed by atoms with E-state index in [1.54, 1.807) is 10.9 Å². The fourth-order valence-corrected chi connectivity index (χ4v) is 2.62. The number of aromatic nitrogens is 2. The van der Waals surface area contributed by atoms with Crippen LogP contribution in [0.15, 0.2) is 19.0 Å². The zero-order valence-corrected chi connectivity index (χ0v) is 10.6. The molecule has 2 rings (SSSR count). The Bertz CT molecular complexity index is 337. The van der Waals surface area contributed by atoms with Crippen molar-refractivity contribution in [3.63, 3.8) is 0 Å². The number of nitrogens with zero attached hydrogens (tertiary/aromatic N) is 2. The van der Waals surface area contributed by atoms with Gasteiger partial charge in [-0.05, 0) is 25.3 Å². The smallest absolute Gasteiger partial charge is 0.0538 e. The van der Waals surface area contributed by atoms with Crippen LogP contribution in [0.3, 0.4) is 0 Å². The SMILES string of the molecule is C=Cn1cc(CNCCCC2CCCC2)cn1. The summed E-state index contributed by atoms with van der Waals surface area (Å²) >= 11 is 0. The predicted molar refractivity (Wildman–Crippen MR) is 71.5 cm³/mol. The lowest BCUT2D eigenvalue weighted by Gasteiger charge is -2.08. The molecule has 3 heteroatoms. The highest BCUT2D eigenvalue weighted by Gasteiger charge is 2.13. The van der Waals surface area contributed by atoms with E-state index in [1.165, 1.54) is 44.1 Å². The van der Waals surface area contributed by atoms with Gasteiger partial charge in [0.25, 0.3) is 0 Å². The normalized spacial score (nSPS) is 16.5. The molecule has 0 spiro atoms. The van der Waals surface area contributed by atoms with Gasteiger partial charge in [0.05, 0.1) is 6.20 Å². The summed E-state index contributed by atoms with van der Waals surface area (Å²) in [6.07, 6.45) is 14.2. The Kier molecular flexibility index (Phi) is 4.80. The van der Waals surface area contributed by atoms with E-state index in [0.717, 1.165) is 19.0 Å². The first-order valence-electron chi connectivity index (χ1n) is 6.75. The van der Waals surface area contributed by atoms with Crippen LogP contribution in [0, 0.1) is 5.92 Å². The topological polar surface area (TPSA) is 29.9 Å². The summed E-state index contributed by atoms with van der Waals surface area (Å²) in [6, 6.07) is 0. The molecule has 0 saturated heterocycles. The van der Waals surface area contributed by atoms with Crippen molar-refractivity contribution >= 4 is 6.20 Å². The van der Waals surface area contributed by atoms with Gasteiger partial charge in [-0.25, -0.2) is 4.68 Å². The van der Waals surface area contributed by atoms with Crippen molar-refractivity contribution in [2.24, 2.45) is 5.92 Å². The average molecular weight is 233 g/mol. The maximum absolute atomic E-state index is 4.16. The zero-order valence-electron chi connectivity index (χ0n) is 10.6. The Morgan fingerprint density at radius 1 is 1.47 bits per heavy atom. The van der Waals surface area contributed by atoms with Crippen molar-refractivity contribution < 1.29 is 0 Å². The van der Waals surface area contributed by atoms with Gasteiger partial charge in [-0.1, -0.05) is 32.3 Å². The van der Waals surface area contributed by atoms with Gasteiger partial charge in [0.1, 0.15) is 0 Å². The average Bonchev–Trinajstić information content (AvgIpc) is 2.99. The molecule has 0 bridgehead atoms. The molecule has 17 heavy (non-hydrogen) atoms. The summed E-state index contributed by atoms with van der Waals surface area (Å²) < 4.78 is 1.75. The number of rotatable bonds is 7. The van der Waals surface area contributed by atoms with E-state index in [2.05, 4.69) is 17.0 Å². The van der Waals surface area contributed by atoms with Crippen molar-refractivity contribution in [2.45, 2.75) is 45.1 Å². The minimum Gasteiger partial charge on any atom is -0.313 e. The Balaban J connectivity index is 1.54. The molecule has 1 N–H and O–H groups in total. The van der Waals surface area contributed by atoms with Crippen molar-refractivity contribution in [1.82, 2.24) is 15.1 Å². The molecule has 1 heterocycles. The third-order valence-corrected chi connectivity index (χ3v) is 3.61. The molecule has 94 valence electrons. The lowest BCUT2D eigenvalue weighted by atomic mass is 10.0. The molecule has 0 unspecified atom stereocenters. The van der Waals surface area contributed by atoms with Crippen LogP contribution in [0.2, 0.25) is 0 Å². The molecule has 0 amide bonds. The summed E-state index contributed by atoms with van der Waals surface area (Å²) in [7, 11) is 0. The molecule has 3 nitrogen and oxygen atoms in total. The van der Waals surface area contributed by atoms with Gasteiger partial charge >= 0.3 is 0 Å². The van der Waals surface area contributed by atoms with Gasteiger partial charge in [-0.15, -0.1) is 0 Å². The van der Waals surface area contributed by atoms with Crippen LogP contribution in [0.4, 0.5) is 0 Å². The third-order valence-electron chi connectivity index (χ3n) is 3.61. The molecule has 0 aromatic carbocycles. The second kappa shape index (κ2) is 6.60. The Morgan fingerprint density at radius 3 is 3.00 bits per heavy atom. The first-order valence-corrected chi connectivity index (χ1v) is 6.75. The van der Waals surface area contributed by atoms with E-state index in [4.69, 9.17) is 0 Å². The van der Waals surface area contributed by atoms with E-state index in [1.807, 2.05) is 12.4 Å². The fraction of sp³-hybridized carbons (Fsp3) is 0.643. The van der Waals surface area contributed by atoms with Crippen LogP contribution in [0.5, 0.6) is 0 Å². The van der Waals surface area contributed by atoms with Crippen LogP contribution < -0.4 is 5.32 Å². The molecular formula is C14H23N3. The maximum atomic E-state index is 4.16. The van der Waals surface area contributed by atoms with E-state index >= 15 is 0 Å². The highest BCUT2D eigenvalue weighted by atomic mass is 15.2. The quantitative estimate of drug-likeness (QED) is 0.734. The molecule has 1 saturated carbocycles. The molecule has 0 aliphatic heterocycles. The van der Waals surface area contributed by atoms with Gasteiger partial charge in [0, 0.05) is 24.5 Å². The van der Waals surface area contributed by atoms with Gasteiger partial charge in [-0.2, -0.15) is 5.10 Å². The Labute approximate surface area is 104 Å². The molecule has 1 aliphatic carbocycles. The highest BCUT2D eigenvalue weighted by Crippen LogP contribution is 2.28. The molecule has 1 aromatic rings. The van der Waals surface area contributed by atoms with E-state index in [-0.39, 0.29) is 0 Å². The Morgan fingerprint density at radius 2 is 2.29 bits per heavy atom. The molecule has 1 aromatic heterocycles. The summed E-state index contributed by atoms with van der Waals surface area (Å²) in [5.74, 6) is 1.01. The minimum absolute atomic E-state index is 0.915. The summed E-state index contributed by atoms with van der Waals surface area (Å²) in [5, 5.41) is 7.63. The first kappa shape index (κ1) is 12.4. The molecule has 1 fully saturated rings. The maximum Gasteiger partial charge on any atom is 0.0538 e. The first-order chi connectivity index (χ1) is 8.38. The van der Waals surface area contributed by atoms with Crippen LogP contribution in [0.1, 0.15) is 44.1 Å². The summed E-state index contributed by atoms with van der Waals surface area (Å²) in [6.45, 7) is 5.71. The molecule has 1 aliphatic rings.